The van der Waals surface area contributed by atoms with E-state index < -0.39 is 30.4 Å². The molecule has 1 aliphatic heterocycles. The Labute approximate surface area is 172 Å². The van der Waals surface area contributed by atoms with Gasteiger partial charge < -0.3 is 19.5 Å². The van der Waals surface area contributed by atoms with E-state index in [1.54, 1.807) is 19.9 Å². The van der Waals surface area contributed by atoms with Crippen LogP contribution >= 0.6 is 11.3 Å². The minimum Gasteiger partial charge on any atom is -0.466 e. The molecule has 0 saturated heterocycles. The van der Waals surface area contributed by atoms with Crippen molar-refractivity contribution in [2.75, 3.05) is 20.8 Å². The molecule has 0 aromatic carbocycles. The standard InChI is InChI=1S/C20H23NO7S/c1-6-12-7-8-14(29-12)13(22)9-28-20(25)17-15(18(23)26-4)10(2)21-11(3)16(17)19(24)27-5/h7-8,17,21H,6,9H2,1-5H3. The topological polar surface area (TPSA) is 108 Å². The van der Waals surface area contributed by atoms with Gasteiger partial charge in [0.2, 0.25) is 5.78 Å². The van der Waals surface area contributed by atoms with Gasteiger partial charge in [0.1, 0.15) is 5.92 Å². The first-order valence-electron chi connectivity index (χ1n) is 8.88. The first kappa shape index (κ1) is 22.4. The van der Waals surface area contributed by atoms with Crippen LogP contribution in [-0.2, 0) is 35.0 Å². The van der Waals surface area contributed by atoms with Crippen molar-refractivity contribution in [3.8, 4) is 0 Å². The molecule has 1 aromatic rings. The molecule has 0 amide bonds. The maximum Gasteiger partial charge on any atom is 0.336 e. The molecule has 29 heavy (non-hydrogen) atoms. The summed E-state index contributed by atoms with van der Waals surface area (Å²) in [6.45, 7) is 4.62. The highest BCUT2D eigenvalue weighted by Crippen LogP contribution is 2.32. The minimum absolute atomic E-state index is 0.0691. The quantitative estimate of drug-likeness (QED) is 0.405. The molecular weight excluding hydrogens is 398 g/mol. The maximum atomic E-state index is 12.9. The van der Waals surface area contributed by atoms with Crippen LogP contribution in [0.5, 0.6) is 0 Å². The third kappa shape index (κ3) is 4.73. The lowest BCUT2D eigenvalue weighted by Crippen LogP contribution is -2.38. The number of methoxy groups -OCH3 is 2. The number of ether oxygens (including phenoxy) is 3. The van der Waals surface area contributed by atoms with Crippen LogP contribution in [0, 0.1) is 5.92 Å². The Kier molecular flexibility index (Phi) is 7.33. The van der Waals surface area contributed by atoms with Gasteiger partial charge >= 0.3 is 17.9 Å². The van der Waals surface area contributed by atoms with Crippen molar-refractivity contribution >= 4 is 35.0 Å². The molecule has 1 aromatic heterocycles. The van der Waals surface area contributed by atoms with Gasteiger partial charge in [-0.3, -0.25) is 9.59 Å². The Morgan fingerprint density at radius 2 is 1.55 bits per heavy atom. The van der Waals surface area contributed by atoms with Crippen LogP contribution < -0.4 is 5.32 Å². The highest BCUT2D eigenvalue weighted by Gasteiger charge is 2.42. The van der Waals surface area contributed by atoms with E-state index in [-0.39, 0.29) is 16.9 Å². The van der Waals surface area contributed by atoms with Crippen LogP contribution in [0.2, 0.25) is 0 Å². The molecule has 0 atom stereocenters. The van der Waals surface area contributed by atoms with Gasteiger partial charge in [0.15, 0.2) is 6.61 Å². The molecule has 0 fully saturated rings. The van der Waals surface area contributed by atoms with E-state index in [4.69, 9.17) is 14.2 Å². The summed E-state index contributed by atoms with van der Waals surface area (Å²) in [4.78, 5) is 51.3. The number of hydrogen-bond acceptors (Lipinski definition) is 9. The van der Waals surface area contributed by atoms with E-state index in [9.17, 15) is 19.2 Å². The molecule has 8 nitrogen and oxygen atoms in total. The normalized spacial score (nSPS) is 14.4. The molecule has 0 spiro atoms. The number of carbonyl (C=O) groups excluding carboxylic acids is 4. The number of nitrogens with one attached hydrogen (secondary N) is 1. The van der Waals surface area contributed by atoms with Crippen LogP contribution in [0.1, 0.15) is 35.3 Å². The van der Waals surface area contributed by atoms with Crippen molar-refractivity contribution in [2.24, 2.45) is 5.92 Å². The van der Waals surface area contributed by atoms with Crippen molar-refractivity contribution in [2.45, 2.75) is 27.2 Å². The van der Waals surface area contributed by atoms with Gasteiger partial charge in [-0.25, -0.2) is 9.59 Å². The molecular formula is C20H23NO7S. The Bertz CT molecular complexity index is 872. The number of rotatable bonds is 7. The molecule has 0 bridgehead atoms. The van der Waals surface area contributed by atoms with Gasteiger partial charge in [-0.15, -0.1) is 11.3 Å². The second-order valence-corrected chi connectivity index (χ2v) is 7.44. The second kappa shape index (κ2) is 9.51. The number of ketones is 1. The highest BCUT2D eigenvalue weighted by molar-refractivity contribution is 7.14. The van der Waals surface area contributed by atoms with Gasteiger partial charge in [-0.05, 0) is 32.4 Å². The largest absolute Gasteiger partial charge is 0.466 e. The summed E-state index contributed by atoms with van der Waals surface area (Å²) >= 11 is 1.33. The lowest BCUT2D eigenvalue weighted by atomic mass is 9.85. The van der Waals surface area contributed by atoms with E-state index in [2.05, 4.69) is 5.32 Å². The van der Waals surface area contributed by atoms with Gasteiger partial charge in [-0.2, -0.15) is 0 Å². The first-order chi connectivity index (χ1) is 13.7. The fourth-order valence-corrected chi connectivity index (χ4v) is 3.87. The average Bonchev–Trinajstić information content (AvgIpc) is 3.19. The van der Waals surface area contributed by atoms with Crippen molar-refractivity contribution < 1.29 is 33.4 Å². The summed E-state index contributed by atoms with van der Waals surface area (Å²) in [5, 5.41) is 2.88. The van der Waals surface area contributed by atoms with Crippen LogP contribution in [-0.4, -0.2) is 44.5 Å². The third-order valence-corrected chi connectivity index (χ3v) is 5.71. The molecule has 9 heteroatoms. The third-order valence-electron chi connectivity index (χ3n) is 4.44. The van der Waals surface area contributed by atoms with E-state index in [0.29, 0.717) is 16.3 Å². The molecule has 2 rings (SSSR count). The smallest absolute Gasteiger partial charge is 0.336 e. The molecule has 0 radical (unpaired) electrons. The van der Waals surface area contributed by atoms with Gasteiger partial charge in [0, 0.05) is 16.3 Å². The lowest BCUT2D eigenvalue weighted by Gasteiger charge is -2.28. The number of Topliss-reactive ketones (excluding diaryl/α,β-unsaturated/α-hetero) is 1. The zero-order valence-corrected chi connectivity index (χ0v) is 17.7. The summed E-state index contributed by atoms with van der Waals surface area (Å²) in [5.74, 6) is -4.21. The fraction of sp³-hybridized carbons (Fsp3) is 0.400. The predicted molar refractivity (Wildman–Crippen MR) is 105 cm³/mol. The Morgan fingerprint density at radius 3 is 2.00 bits per heavy atom. The minimum atomic E-state index is -1.36. The summed E-state index contributed by atoms with van der Waals surface area (Å²) in [5.41, 5.74) is 0.558. The average molecular weight is 421 g/mol. The SMILES string of the molecule is CCc1ccc(C(=O)COC(=O)C2C(C(=O)OC)=C(C)NC(C)=C2C(=O)OC)s1. The number of allylic oxidation sites excluding steroid dienone is 2. The van der Waals surface area contributed by atoms with Crippen molar-refractivity contribution in [1.29, 1.82) is 0 Å². The van der Waals surface area contributed by atoms with E-state index in [0.717, 1.165) is 11.3 Å². The zero-order chi connectivity index (χ0) is 21.7. The van der Waals surface area contributed by atoms with Gasteiger partial charge in [-0.1, -0.05) is 6.92 Å². The molecule has 1 aliphatic rings. The zero-order valence-electron chi connectivity index (χ0n) is 16.9. The molecule has 156 valence electrons. The number of aryl methyl sites for hydroxylation is 1. The maximum absolute atomic E-state index is 12.9. The number of carbonyl (C=O) groups is 4. The summed E-state index contributed by atoms with van der Waals surface area (Å²) in [6, 6.07) is 3.52. The predicted octanol–water partition coefficient (Wildman–Crippen LogP) is 2.15. The number of esters is 3. The van der Waals surface area contributed by atoms with Gasteiger partial charge in [0.05, 0.1) is 30.2 Å². The molecule has 1 N–H and O–H groups in total. The van der Waals surface area contributed by atoms with E-state index >= 15 is 0 Å². The molecule has 0 saturated carbocycles. The van der Waals surface area contributed by atoms with Crippen LogP contribution in [0.3, 0.4) is 0 Å². The first-order valence-corrected chi connectivity index (χ1v) is 9.70. The van der Waals surface area contributed by atoms with Crippen molar-refractivity contribution in [1.82, 2.24) is 5.32 Å². The number of hydrogen-bond donors (Lipinski definition) is 1. The lowest BCUT2D eigenvalue weighted by molar-refractivity contribution is -0.150. The van der Waals surface area contributed by atoms with E-state index in [1.807, 2.05) is 13.0 Å². The molecule has 2 heterocycles. The monoisotopic (exact) mass is 421 g/mol. The second-order valence-electron chi connectivity index (χ2n) is 6.27. The van der Waals surface area contributed by atoms with Crippen LogP contribution in [0.25, 0.3) is 0 Å². The summed E-state index contributed by atoms with van der Waals surface area (Å²) in [6.07, 6.45) is 0.798. The Hall–Kier alpha value is -2.94. The summed E-state index contributed by atoms with van der Waals surface area (Å²) < 4.78 is 14.7. The molecule has 0 aliphatic carbocycles. The van der Waals surface area contributed by atoms with Gasteiger partial charge in [0.25, 0.3) is 0 Å². The Balaban J connectivity index is 2.30. The highest BCUT2D eigenvalue weighted by atomic mass is 32.1. The van der Waals surface area contributed by atoms with Crippen LogP contribution in [0.15, 0.2) is 34.7 Å². The Morgan fingerprint density at radius 1 is 1.00 bits per heavy atom. The molecule has 0 unspecified atom stereocenters. The van der Waals surface area contributed by atoms with Crippen molar-refractivity contribution in [3.63, 3.8) is 0 Å². The van der Waals surface area contributed by atoms with E-state index in [1.165, 1.54) is 25.6 Å². The summed E-state index contributed by atoms with van der Waals surface area (Å²) in [7, 11) is 2.33. The van der Waals surface area contributed by atoms with Crippen LogP contribution in [0.4, 0.5) is 0 Å². The fourth-order valence-electron chi connectivity index (χ4n) is 3.00. The number of dihydropyridines is 1. The number of thiophene rings is 1. The van der Waals surface area contributed by atoms with Crippen molar-refractivity contribution in [3.05, 3.63) is 44.4 Å².